The van der Waals surface area contributed by atoms with Crippen molar-refractivity contribution in [1.82, 2.24) is 5.32 Å². The molecule has 2 heterocycles. The molecule has 0 atom stereocenters. The molecule has 1 amide bonds. The Labute approximate surface area is 168 Å². The minimum absolute atomic E-state index is 0.0795. The summed E-state index contributed by atoms with van der Waals surface area (Å²) in [6.07, 6.45) is 0. The Morgan fingerprint density at radius 2 is 1.96 bits per heavy atom. The van der Waals surface area contributed by atoms with Crippen LogP contribution in [-0.2, 0) is 6.54 Å². The van der Waals surface area contributed by atoms with Crippen LogP contribution >= 0.6 is 11.3 Å². The van der Waals surface area contributed by atoms with Crippen LogP contribution in [0.4, 0.5) is 10.7 Å². The highest BCUT2D eigenvalue weighted by atomic mass is 32.1. The molecule has 0 aliphatic carbocycles. The van der Waals surface area contributed by atoms with Gasteiger partial charge in [-0.2, -0.15) is 0 Å². The van der Waals surface area contributed by atoms with Crippen LogP contribution in [0.1, 0.15) is 22.2 Å². The van der Waals surface area contributed by atoms with Crippen molar-refractivity contribution in [2.45, 2.75) is 13.5 Å². The van der Waals surface area contributed by atoms with Crippen LogP contribution in [-0.4, -0.2) is 25.7 Å². The van der Waals surface area contributed by atoms with Crippen molar-refractivity contribution in [3.8, 4) is 11.5 Å². The zero-order chi connectivity index (χ0) is 19.3. The van der Waals surface area contributed by atoms with Gasteiger partial charge in [0.2, 0.25) is 0 Å². The summed E-state index contributed by atoms with van der Waals surface area (Å²) in [7, 11) is 0. The van der Waals surface area contributed by atoms with Gasteiger partial charge >= 0.3 is 0 Å². The number of fused-ring (bicyclic) bond motifs is 1. The summed E-state index contributed by atoms with van der Waals surface area (Å²) in [5, 5.41) is 4.04. The van der Waals surface area contributed by atoms with E-state index < -0.39 is 0 Å². The molecule has 5 nitrogen and oxygen atoms in total. The largest absolute Gasteiger partial charge is 0.494 e. The van der Waals surface area contributed by atoms with Gasteiger partial charge in [0.05, 0.1) is 28.7 Å². The SMILES string of the molecule is CCOc1ccccc1CNC(=O)c1ccc(N2CCOc3ccccc32)s1. The van der Waals surface area contributed by atoms with E-state index in [2.05, 4.69) is 10.2 Å². The van der Waals surface area contributed by atoms with Gasteiger partial charge in [0.1, 0.15) is 18.1 Å². The van der Waals surface area contributed by atoms with Crippen LogP contribution in [0, 0.1) is 0 Å². The monoisotopic (exact) mass is 394 g/mol. The van der Waals surface area contributed by atoms with E-state index in [0.29, 0.717) is 24.6 Å². The fraction of sp³-hybridized carbons (Fsp3) is 0.227. The Morgan fingerprint density at radius 3 is 2.86 bits per heavy atom. The highest BCUT2D eigenvalue weighted by Crippen LogP contribution is 2.39. The summed E-state index contributed by atoms with van der Waals surface area (Å²) in [5.74, 6) is 1.60. The van der Waals surface area contributed by atoms with Gasteiger partial charge in [-0.05, 0) is 37.3 Å². The number of para-hydroxylation sites is 3. The molecule has 0 saturated heterocycles. The predicted molar refractivity (Wildman–Crippen MR) is 112 cm³/mol. The highest BCUT2D eigenvalue weighted by Gasteiger charge is 2.21. The second kappa shape index (κ2) is 8.35. The predicted octanol–water partition coefficient (Wildman–Crippen LogP) is 4.61. The minimum Gasteiger partial charge on any atom is -0.494 e. The van der Waals surface area contributed by atoms with Crippen molar-refractivity contribution < 1.29 is 14.3 Å². The maximum Gasteiger partial charge on any atom is 0.261 e. The third kappa shape index (κ3) is 3.82. The molecule has 1 aromatic heterocycles. The second-order valence-electron chi connectivity index (χ2n) is 6.33. The number of anilines is 2. The van der Waals surface area contributed by atoms with Crippen molar-refractivity contribution in [3.63, 3.8) is 0 Å². The van der Waals surface area contributed by atoms with E-state index in [0.717, 1.165) is 34.3 Å². The topological polar surface area (TPSA) is 50.8 Å². The molecule has 4 rings (SSSR count). The first-order valence-corrected chi connectivity index (χ1v) is 10.2. The number of nitrogens with zero attached hydrogens (tertiary/aromatic N) is 1. The summed E-state index contributed by atoms with van der Waals surface area (Å²) < 4.78 is 11.3. The normalized spacial score (nSPS) is 12.8. The lowest BCUT2D eigenvalue weighted by molar-refractivity contribution is 0.0954. The molecule has 28 heavy (non-hydrogen) atoms. The summed E-state index contributed by atoms with van der Waals surface area (Å²) in [5.41, 5.74) is 2.00. The first-order chi connectivity index (χ1) is 13.8. The van der Waals surface area contributed by atoms with E-state index in [1.165, 1.54) is 11.3 Å². The van der Waals surface area contributed by atoms with Crippen molar-refractivity contribution in [1.29, 1.82) is 0 Å². The van der Waals surface area contributed by atoms with E-state index >= 15 is 0 Å². The number of nitrogens with one attached hydrogen (secondary N) is 1. The molecule has 2 aromatic carbocycles. The number of amides is 1. The molecule has 1 aliphatic rings. The first-order valence-electron chi connectivity index (χ1n) is 9.34. The lowest BCUT2D eigenvalue weighted by Gasteiger charge is -2.29. The van der Waals surface area contributed by atoms with Gasteiger partial charge in [-0.3, -0.25) is 4.79 Å². The number of hydrogen-bond donors (Lipinski definition) is 1. The average molecular weight is 394 g/mol. The molecule has 0 radical (unpaired) electrons. The second-order valence-corrected chi connectivity index (χ2v) is 7.39. The fourth-order valence-electron chi connectivity index (χ4n) is 3.20. The van der Waals surface area contributed by atoms with E-state index in [1.807, 2.05) is 67.6 Å². The molecule has 3 aromatic rings. The number of ether oxygens (including phenoxy) is 2. The third-order valence-corrected chi connectivity index (χ3v) is 5.63. The smallest absolute Gasteiger partial charge is 0.261 e. The Kier molecular flexibility index (Phi) is 5.48. The van der Waals surface area contributed by atoms with Crippen LogP contribution in [0.15, 0.2) is 60.7 Å². The van der Waals surface area contributed by atoms with E-state index in [4.69, 9.17) is 9.47 Å². The molecular formula is C22H22N2O3S. The van der Waals surface area contributed by atoms with Gasteiger partial charge < -0.3 is 19.7 Å². The molecule has 1 aliphatic heterocycles. The van der Waals surface area contributed by atoms with Gasteiger partial charge in [0.25, 0.3) is 5.91 Å². The number of rotatable bonds is 6. The maximum absolute atomic E-state index is 12.6. The summed E-state index contributed by atoms with van der Waals surface area (Å²) in [6.45, 7) is 4.38. The van der Waals surface area contributed by atoms with E-state index in [1.54, 1.807) is 0 Å². The molecule has 144 valence electrons. The van der Waals surface area contributed by atoms with Crippen LogP contribution in [0.25, 0.3) is 0 Å². The Hall–Kier alpha value is -2.99. The van der Waals surface area contributed by atoms with Gasteiger partial charge in [-0.1, -0.05) is 30.3 Å². The minimum atomic E-state index is -0.0795. The van der Waals surface area contributed by atoms with Crippen LogP contribution in [0.5, 0.6) is 11.5 Å². The van der Waals surface area contributed by atoms with E-state index in [9.17, 15) is 4.79 Å². The van der Waals surface area contributed by atoms with Crippen molar-refractivity contribution >= 4 is 27.9 Å². The highest BCUT2D eigenvalue weighted by molar-refractivity contribution is 7.18. The quantitative estimate of drug-likeness (QED) is 0.663. The Morgan fingerprint density at radius 1 is 1.14 bits per heavy atom. The van der Waals surface area contributed by atoms with Crippen molar-refractivity contribution in [2.75, 3.05) is 24.7 Å². The molecule has 0 unspecified atom stereocenters. The Balaban J connectivity index is 1.46. The van der Waals surface area contributed by atoms with Crippen molar-refractivity contribution in [2.24, 2.45) is 0 Å². The number of carbonyl (C=O) groups excluding carboxylic acids is 1. The molecule has 0 bridgehead atoms. The maximum atomic E-state index is 12.6. The number of carbonyl (C=O) groups is 1. The number of hydrogen-bond acceptors (Lipinski definition) is 5. The summed E-state index contributed by atoms with van der Waals surface area (Å²) >= 11 is 1.49. The lowest BCUT2D eigenvalue weighted by atomic mass is 10.2. The summed E-state index contributed by atoms with van der Waals surface area (Å²) in [4.78, 5) is 15.5. The van der Waals surface area contributed by atoms with Gasteiger partial charge in [0.15, 0.2) is 0 Å². The standard InChI is InChI=1S/C22H22N2O3S/c1-2-26-18-9-5-3-7-16(18)15-23-22(25)20-11-12-21(28-20)24-13-14-27-19-10-6-4-8-17(19)24/h3-12H,2,13-15H2,1H3,(H,23,25). The molecule has 1 N–H and O–H groups in total. The zero-order valence-corrected chi connectivity index (χ0v) is 16.5. The lowest BCUT2D eigenvalue weighted by Crippen LogP contribution is -2.27. The van der Waals surface area contributed by atoms with E-state index in [-0.39, 0.29) is 5.91 Å². The summed E-state index contributed by atoms with van der Waals surface area (Å²) in [6, 6.07) is 19.6. The average Bonchev–Trinajstić information content (AvgIpc) is 3.23. The van der Waals surface area contributed by atoms with Crippen LogP contribution < -0.4 is 19.7 Å². The molecular weight excluding hydrogens is 372 g/mol. The Bertz CT molecular complexity index is 970. The zero-order valence-electron chi connectivity index (χ0n) is 15.7. The first kappa shape index (κ1) is 18.4. The molecule has 6 heteroatoms. The van der Waals surface area contributed by atoms with Gasteiger partial charge in [-0.25, -0.2) is 0 Å². The molecule has 0 saturated carbocycles. The molecule has 0 fully saturated rings. The fourth-order valence-corrected chi connectivity index (χ4v) is 4.16. The third-order valence-electron chi connectivity index (χ3n) is 4.52. The van der Waals surface area contributed by atoms with Gasteiger partial charge in [0, 0.05) is 12.1 Å². The van der Waals surface area contributed by atoms with Crippen molar-refractivity contribution in [3.05, 3.63) is 71.1 Å². The molecule has 0 spiro atoms. The van der Waals surface area contributed by atoms with Crippen LogP contribution in [0.3, 0.4) is 0 Å². The number of thiophene rings is 1. The van der Waals surface area contributed by atoms with Gasteiger partial charge in [-0.15, -0.1) is 11.3 Å². The van der Waals surface area contributed by atoms with Crippen LogP contribution in [0.2, 0.25) is 0 Å². The number of benzene rings is 2.